The Balaban J connectivity index is 1.60. The summed E-state index contributed by atoms with van der Waals surface area (Å²) in [6.45, 7) is 2.18. The minimum atomic E-state index is -0.414. The number of amides is 1. The lowest BCUT2D eigenvalue weighted by Crippen LogP contribution is -2.25. The first-order valence-electron chi connectivity index (χ1n) is 7.51. The summed E-state index contributed by atoms with van der Waals surface area (Å²) < 4.78 is 18.9. The molecular formula is C16H16FN5O2. The van der Waals surface area contributed by atoms with Crippen LogP contribution in [0.1, 0.15) is 28.5 Å². The second kappa shape index (κ2) is 7.03. The molecule has 24 heavy (non-hydrogen) atoms. The molecule has 0 saturated heterocycles. The molecule has 124 valence electrons. The van der Waals surface area contributed by atoms with E-state index in [1.54, 1.807) is 25.1 Å². The summed E-state index contributed by atoms with van der Waals surface area (Å²) in [5.74, 6) is 0.394. The van der Waals surface area contributed by atoms with Gasteiger partial charge in [-0.05, 0) is 25.5 Å². The van der Waals surface area contributed by atoms with Crippen molar-refractivity contribution in [2.45, 2.75) is 19.8 Å². The summed E-state index contributed by atoms with van der Waals surface area (Å²) in [5, 5.41) is 13.0. The Morgan fingerprint density at radius 3 is 2.96 bits per heavy atom. The van der Waals surface area contributed by atoms with Crippen molar-refractivity contribution >= 4 is 5.91 Å². The number of aryl methyl sites for hydroxylation is 2. The van der Waals surface area contributed by atoms with Crippen molar-refractivity contribution in [3.8, 4) is 11.3 Å². The quantitative estimate of drug-likeness (QED) is 0.676. The molecule has 3 rings (SSSR count). The highest BCUT2D eigenvalue weighted by Gasteiger charge is 2.17. The number of nitrogens with one attached hydrogen (secondary N) is 2. The Hall–Kier alpha value is -3.03. The van der Waals surface area contributed by atoms with Crippen molar-refractivity contribution in [2.75, 3.05) is 6.54 Å². The fraction of sp³-hybridized carbons (Fsp3) is 0.250. The molecule has 0 aliphatic carbocycles. The topological polar surface area (TPSA) is 96.7 Å². The van der Waals surface area contributed by atoms with Gasteiger partial charge < -0.3 is 9.84 Å². The number of hydrogen-bond donors (Lipinski definition) is 2. The van der Waals surface area contributed by atoms with Gasteiger partial charge in [-0.3, -0.25) is 9.89 Å². The molecule has 0 atom stereocenters. The molecule has 3 aromatic rings. The van der Waals surface area contributed by atoms with E-state index < -0.39 is 5.82 Å². The lowest BCUT2D eigenvalue weighted by Gasteiger charge is -2.06. The van der Waals surface area contributed by atoms with Crippen molar-refractivity contribution in [1.82, 2.24) is 25.7 Å². The average molecular weight is 329 g/mol. The van der Waals surface area contributed by atoms with Crippen molar-refractivity contribution in [3.05, 3.63) is 53.6 Å². The number of rotatable bonds is 6. The maximum absolute atomic E-state index is 13.9. The Kier molecular flexibility index (Phi) is 4.64. The molecule has 0 aliphatic heterocycles. The summed E-state index contributed by atoms with van der Waals surface area (Å²) >= 11 is 0. The van der Waals surface area contributed by atoms with E-state index in [9.17, 15) is 9.18 Å². The molecule has 8 heteroatoms. The van der Waals surface area contributed by atoms with Gasteiger partial charge >= 0.3 is 0 Å². The Bertz CT molecular complexity index is 842. The molecule has 0 fully saturated rings. The number of benzene rings is 1. The molecule has 0 saturated carbocycles. The van der Waals surface area contributed by atoms with Crippen LogP contribution in [0.3, 0.4) is 0 Å². The van der Waals surface area contributed by atoms with E-state index in [-0.39, 0.29) is 5.91 Å². The third kappa shape index (κ3) is 3.48. The van der Waals surface area contributed by atoms with Crippen LogP contribution in [0.2, 0.25) is 0 Å². The fourth-order valence-corrected chi connectivity index (χ4v) is 2.31. The lowest BCUT2D eigenvalue weighted by atomic mass is 10.1. The van der Waals surface area contributed by atoms with E-state index in [1.165, 1.54) is 12.3 Å². The molecule has 0 bridgehead atoms. The minimum absolute atomic E-state index is 0.300. The summed E-state index contributed by atoms with van der Waals surface area (Å²) in [6.07, 6.45) is 2.62. The van der Waals surface area contributed by atoms with E-state index in [0.717, 1.165) is 0 Å². The number of nitrogens with zero attached hydrogens (tertiary/aromatic N) is 3. The average Bonchev–Trinajstić information content (AvgIpc) is 3.21. The van der Waals surface area contributed by atoms with Gasteiger partial charge in [0.25, 0.3) is 5.91 Å². The van der Waals surface area contributed by atoms with Gasteiger partial charge in [0.1, 0.15) is 5.82 Å². The van der Waals surface area contributed by atoms with Crippen LogP contribution in [0.5, 0.6) is 0 Å². The molecular weight excluding hydrogens is 313 g/mol. The van der Waals surface area contributed by atoms with Crippen molar-refractivity contribution < 1.29 is 13.7 Å². The van der Waals surface area contributed by atoms with Crippen LogP contribution >= 0.6 is 0 Å². The van der Waals surface area contributed by atoms with Crippen molar-refractivity contribution in [2.24, 2.45) is 0 Å². The van der Waals surface area contributed by atoms with Gasteiger partial charge in [-0.15, -0.1) is 0 Å². The predicted molar refractivity (Wildman–Crippen MR) is 83.7 cm³/mol. The number of carbonyl (C=O) groups is 1. The van der Waals surface area contributed by atoms with Crippen LogP contribution in [0.25, 0.3) is 11.3 Å². The first kappa shape index (κ1) is 15.9. The van der Waals surface area contributed by atoms with Crippen LogP contribution < -0.4 is 5.32 Å². The number of aromatic amines is 1. The zero-order valence-electron chi connectivity index (χ0n) is 13.0. The van der Waals surface area contributed by atoms with Crippen molar-refractivity contribution in [3.63, 3.8) is 0 Å². The zero-order chi connectivity index (χ0) is 16.9. The van der Waals surface area contributed by atoms with Gasteiger partial charge in [0.05, 0.1) is 17.5 Å². The SMILES string of the molecule is Cc1noc(CCCNC(=O)c2cn[nH]c2-c2ccccc2F)n1. The van der Waals surface area contributed by atoms with Gasteiger partial charge in [0, 0.05) is 18.5 Å². The molecule has 0 unspecified atom stereocenters. The lowest BCUT2D eigenvalue weighted by molar-refractivity contribution is 0.0953. The maximum atomic E-state index is 13.9. The summed E-state index contributed by atoms with van der Waals surface area (Å²) in [6, 6.07) is 6.23. The fourth-order valence-electron chi connectivity index (χ4n) is 2.31. The molecule has 0 radical (unpaired) electrons. The number of carbonyl (C=O) groups excluding carboxylic acids is 1. The van der Waals surface area contributed by atoms with E-state index in [1.807, 2.05) is 0 Å². The Morgan fingerprint density at radius 2 is 2.21 bits per heavy atom. The van der Waals surface area contributed by atoms with Gasteiger partial charge in [-0.1, -0.05) is 17.3 Å². The molecule has 1 aromatic carbocycles. The van der Waals surface area contributed by atoms with Gasteiger partial charge in [0.15, 0.2) is 5.82 Å². The summed E-state index contributed by atoms with van der Waals surface area (Å²) in [7, 11) is 0. The third-order valence-corrected chi connectivity index (χ3v) is 3.45. The van der Waals surface area contributed by atoms with Gasteiger partial charge in [-0.25, -0.2) is 4.39 Å². The Labute approximate surface area is 137 Å². The molecule has 2 aromatic heterocycles. The van der Waals surface area contributed by atoms with Crippen LogP contribution in [0.4, 0.5) is 4.39 Å². The van der Waals surface area contributed by atoms with Crippen LogP contribution in [-0.2, 0) is 6.42 Å². The second-order valence-corrected chi connectivity index (χ2v) is 5.23. The number of aromatic nitrogens is 4. The van der Waals surface area contributed by atoms with Gasteiger partial charge in [-0.2, -0.15) is 10.1 Å². The highest BCUT2D eigenvalue weighted by atomic mass is 19.1. The van der Waals surface area contributed by atoms with Gasteiger partial charge in [0.2, 0.25) is 5.89 Å². The van der Waals surface area contributed by atoms with Crippen LogP contribution in [0, 0.1) is 12.7 Å². The third-order valence-electron chi connectivity index (χ3n) is 3.45. The highest BCUT2D eigenvalue weighted by Crippen LogP contribution is 2.23. The van der Waals surface area contributed by atoms with E-state index in [4.69, 9.17) is 4.52 Å². The molecule has 7 nitrogen and oxygen atoms in total. The Morgan fingerprint density at radius 1 is 1.38 bits per heavy atom. The number of halogens is 1. The molecule has 1 amide bonds. The first-order valence-corrected chi connectivity index (χ1v) is 7.51. The summed E-state index contributed by atoms with van der Waals surface area (Å²) in [5.41, 5.74) is 0.966. The molecule has 2 N–H and O–H groups in total. The van der Waals surface area contributed by atoms with E-state index >= 15 is 0 Å². The summed E-state index contributed by atoms with van der Waals surface area (Å²) in [4.78, 5) is 16.4. The van der Waals surface area contributed by atoms with E-state index in [0.29, 0.717) is 47.9 Å². The molecule has 0 spiro atoms. The standard InChI is InChI=1S/C16H16FN5O2/c1-10-20-14(24-22-10)7-4-8-18-16(23)12-9-19-21-15(12)11-5-2-3-6-13(11)17/h2-3,5-6,9H,4,7-8H2,1H3,(H,18,23)(H,19,21). The van der Waals surface area contributed by atoms with Crippen LogP contribution in [0.15, 0.2) is 35.0 Å². The minimum Gasteiger partial charge on any atom is -0.352 e. The van der Waals surface area contributed by atoms with E-state index in [2.05, 4.69) is 25.7 Å². The largest absolute Gasteiger partial charge is 0.352 e. The highest BCUT2D eigenvalue weighted by molar-refractivity contribution is 5.99. The van der Waals surface area contributed by atoms with Crippen molar-refractivity contribution in [1.29, 1.82) is 0 Å². The number of H-pyrrole nitrogens is 1. The maximum Gasteiger partial charge on any atom is 0.255 e. The smallest absolute Gasteiger partial charge is 0.255 e. The normalized spacial score (nSPS) is 10.8. The predicted octanol–water partition coefficient (Wildman–Crippen LogP) is 2.27. The monoisotopic (exact) mass is 329 g/mol. The molecule has 2 heterocycles. The number of hydrogen-bond acceptors (Lipinski definition) is 5. The second-order valence-electron chi connectivity index (χ2n) is 5.23. The van der Waals surface area contributed by atoms with Crippen LogP contribution in [-0.4, -0.2) is 32.8 Å². The molecule has 0 aliphatic rings. The zero-order valence-corrected chi connectivity index (χ0v) is 13.0. The first-order chi connectivity index (χ1) is 11.6.